The fourth-order valence-electron chi connectivity index (χ4n) is 3.31. The Morgan fingerprint density at radius 3 is 2.55 bits per heavy atom. The van der Waals surface area contributed by atoms with Crippen LogP contribution in [0.4, 0.5) is 4.39 Å². The first-order valence-corrected chi connectivity index (χ1v) is 8.95. The van der Waals surface area contributed by atoms with E-state index in [1.54, 1.807) is 60.4 Å². The molecule has 29 heavy (non-hydrogen) atoms. The summed E-state index contributed by atoms with van der Waals surface area (Å²) < 4.78 is 16.7. The fraction of sp³-hybridized carbons (Fsp3) is 0.143. The number of aromatic nitrogens is 4. The van der Waals surface area contributed by atoms with Gasteiger partial charge >= 0.3 is 0 Å². The minimum atomic E-state index is -0.698. The molecule has 0 saturated heterocycles. The van der Waals surface area contributed by atoms with Gasteiger partial charge in [-0.2, -0.15) is 5.10 Å². The maximum absolute atomic E-state index is 13.8. The summed E-state index contributed by atoms with van der Waals surface area (Å²) in [5, 5.41) is 7.90. The molecule has 0 spiro atoms. The molecule has 8 heteroatoms. The van der Waals surface area contributed by atoms with Crippen molar-refractivity contribution in [1.82, 2.24) is 24.6 Å². The monoisotopic (exact) mass is 391 g/mol. The minimum Gasteiger partial charge on any atom is -0.337 e. The van der Waals surface area contributed by atoms with Crippen LogP contribution in [0.5, 0.6) is 0 Å². The summed E-state index contributed by atoms with van der Waals surface area (Å²) in [6.07, 6.45) is 3.35. The van der Waals surface area contributed by atoms with Gasteiger partial charge in [0.1, 0.15) is 17.7 Å². The highest BCUT2D eigenvalue weighted by Crippen LogP contribution is 2.22. The van der Waals surface area contributed by atoms with E-state index in [1.165, 1.54) is 19.2 Å². The molecule has 0 saturated carbocycles. The number of aryl methyl sites for hydroxylation is 2. The summed E-state index contributed by atoms with van der Waals surface area (Å²) in [6, 6.07) is 12.1. The molecular formula is C21H18FN5O2. The van der Waals surface area contributed by atoms with E-state index in [9.17, 15) is 14.0 Å². The molecule has 0 radical (unpaired) electrons. The number of amides is 1. The number of carbonyl (C=O) groups excluding carboxylic acids is 1. The van der Waals surface area contributed by atoms with Gasteiger partial charge in [-0.05, 0) is 23.8 Å². The standard InChI is InChI=1S/C21H18FN5O2/c1-26-11-10-23-19(26)17(13-6-5-7-14(22)12-13)24-20(28)18-15-8-3-4-9-16(15)21(29)27(2)25-18/h3-12,17H,1-2H3,(H,24,28)/t17-/m0/s1. The number of benzene rings is 2. The SMILES string of the molecule is Cn1ccnc1[C@@H](NC(=O)c1nn(C)c(=O)c2ccccc12)c1cccc(F)c1. The predicted molar refractivity (Wildman–Crippen MR) is 106 cm³/mol. The molecule has 2 aromatic carbocycles. The topological polar surface area (TPSA) is 81.8 Å². The molecule has 1 N–H and O–H groups in total. The molecular weight excluding hydrogens is 373 g/mol. The van der Waals surface area contributed by atoms with Crippen LogP contribution in [-0.4, -0.2) is 25.2 Å². The van der Waals surface area contributed by atoms with Gasteiger partial charge in [0.2, 0.25) is 0 Å². The molecule has 0 aliphatic carbocycles. The molecule has 1 amide bonds. The molecule has 4 rings (SSSR count). The summed E-state index contributed by atoms with van der Waals surface area (Å²) >= 11 is 0. The normalized spacial score (nSPS) is 12.1. The highest BCUT2D eigenvalue weighted by atomic mass is 19.1. The first-order chi connectivity index (χ1) is 14.0. The molecule has 2 heterocycles. The lowest BCUT2D eigenvalue weighted by Gasteiger charge is -2.19. The maximum Gasteiger partial charge on any atom is 0.274 e. The smallest absolute Gasteiger partial charge is 0.274 e. The van der Waals surface area contributed by atoms with E-state index >= 15 is 0 Å². The van der Waals surface area contributed by atoms with E-state index in [0.29, 0.717) is 22.2 Å². The summed E-state index contributed by atoms with van der Waals surface area (Å²) in [4.78, 5) is 29.8. The molecule has 1 atom stereocenters. The molecule has 146 valence electrons. The first kappa shape index (κ1) is 18.5. The van der Waals surface area contributed by atoms with Crippen molar-refractivity contribution < 1.29 is 9.18 Å². The number of imidazole rings is 1. The van der Waals surface area contributed by atoms with Crippen molar-refractivity contribution in [2.24, 2.45) is 14.1 Å². The van der Waals surface area contributed by atoms with E-state index in [4.69, 9.17) is 0 Å². The van der Waals surface area contributed by atoms with Gasteiger partial charge < -0.3 is 9.88 Å². The van der Waals surface area contributed by atoms with E-state index in [-0.39, 0.29) is 11.3 Å². The van der Waals surface area contributed by atoms with Gasteiger partial charge in [0, 0.05) is 31.9 Å². The average Bonchev–Trinajstić information content (AvgIpc) is 3.14. The third kappa shape index (κ3) is 3.40. The summed E-state index contributed by atoms with van der Waals surface area (Å²) in [7, 11) is 3.29. The Morgan fingerprint density at radius 2 is 1.86 bits per heavy atom. The van der Waals surface area contributed by atoms with Crippen molar-refractivity contribution in [1.29, 1.82) is 0 Å². The molecule has 0 aliphatic rings. The fourth-order valence-corrected chi connectivity index (χ4v) is 3.31. The number of rotatable bonds is 4. The third-order valence-corrected chi connectivity index (χ3v) is 4.75. The highest BCUT2D eigenvalue weighted by molar-refractivity contribution is 6.05. The Bertz CT molecular complexity index is 1280. The highest BCUT2D eigenvalue weighted by Gasteiger charge is 2.24. The van der Waals surface area contributed by atoms with Crippen LogP contribution in [0.2, 0.25) is 0 Å². The number of fused-ring (bicyclic) bond motifs is 1. The van der Waals surface area contributed by atoms with Crippen LogP contribution in [0.15, 0.2) is 65.7 Å². The molecule has 4 aromatic rings. The number of nitrogens with one attached hydrogen (secondary N) is 1. The molecule has 2 aromatic heterocycles. The zero-order chi connectivity index (χ0) is 20.5. The largest absolute Gasteiger partial charge is 0.337 e. The van der Waals surface area contributed by atoms with Gasteiger partial charge in [0.05, 0.1) is 5.39 Å². The van der Waals surface area contributed by atoms with Crippen molar-refractivity contribution in [2.75, 3.05) is 0 Å². The second-order valence-electron chi connectivity index (χ2n) is 6.68. The zero-order valence-corrected chi connectivity index (χ0v) is 15.8. The number of hydrogen-bond acceptors (Lipinski definition) is 4. The number of nitrogens with zero attached hydrogens (tertiary/aromatic N) is 4. The Balaban J connectivity index is 1.81. The average molecular weight is 391 g/mol. The van der Waals surface area contributed by atoms with Gasteiger partial charge in [-0.3, -0.25) is 9.59 Å². The van der Waals surface area contributed by atoms with Crippen LogP contribution in [0.25, 0.3) is 10.8 Å². The lowest BCUT2D eigenvalue weighted by Crippen LogP contribution is -2.34. The second-order valence-corrected chi connectivity index (χ2v) is 6.68. The van der Waals surface area contributed by atoms with Crippen molar-refractivity contribution in [3.05, 3.63) is 94.2 Å². The van der Waals surface area contributed by atoms with E-state index < -0.39 is 17.8 Å². The van der Waals surface area contributed by atoms with E-state index in [1.807, 2.05) is 0 Å². The number of halogens is 1. The Labute approximate surface area is 165 Å². The molecule has 0 aliphatic heterocycles. The quantitative estimate of drug-likeness (QED) is 0.579. The second kappa shape index (κ2) is 7.31. The van der Waals surface area contributed by atoms with Crippen molar-refractivity contribution in [3.63, 3.8) is 0 Å². The van der Waals surface area contributed by atoms with Crippen LogP contribution in [-0.2, 0) is 14.1 Å². The molecule has 0 fully saturated rings. The lowest BCUT2D eigenvalue weighted by atomic mass is 10.0. The predicted octanol–water partition coefficient (Wildman–Crippen LogP) is 2.33. The van der Waals surface area contributed by atoms with E-state index in [0.717, 1.165) is 4.68 Å². The van der Waals surface area contributed by atoms with Gasteiger partial charge in [0.15, 0.2) is 5.69 Å². The van der Waals surface area contributed by atoms with Crippen LogP contribution in [0.3, 0.4) is 0 Å². The first-order valence-electron chi connectivity index (χ1n) is 8.95. The van der Waals surface area contributed by atoms with Crippen LogP contribution < -0.4 is 10.9 Å². The molecule has 0 unspecified atom stereocenters. The van der Waals surface area contributed by atoms with Crippen LogP contribution >= 0.6 is 0 Å². The van der Waals surface area contributed by atoms with Gasteiger partial charge in [-0.25, -0.2) is 14.1 Å². The molecule has 0 bridgehead atoms. The van der Waals surface area contributed by atoms with Gasteiger partial charge in [-0.1, -0.05) is 30.3 Å². The maximum atomic E-state index is 13.8. The molecule has 7 nitrogen and oxygen atoms in total. The summed E-state index contributed by atoms with van der Waals surface area (Å²) in [5.74, 6) is -0.367. The van der Waals surface area contributed by atoms with Crippen LogP contribution in [0.1, 0.15) is 27.9 Å². The van der Waals surface area contributed by atoms with E-state index in [2.05, 4.69) is 15.4 Å². The van der Waals surface area contributed by atoms with Crippen LogP contribution in [0, 0.1) is 5.82 Å². The third-order valence-electron chi connectivity index (χ3n) is 4.75. The van der Waals surface area contributed by atoms with Crippen molar-refractivity contribution in [2.45, 2.75) is 6.04 Å². The van der Waals surface area contributed by atoms with Crippen molar-refractivity contribution in [3.8, 4) is 0 Å². The number of carbonyl (C=O) groups is 1. The Morgan fingerprint density at radius 1 is 1.10 bits per heavy atom. The Kier molecular flexibility index (Phi) is 4.67. The van der Waals surface area contributed by atoms with Crippen molar-refractivity contribution >= 4 is 16.7 Å². The lowest BCUT2D eigenvalue weighted by molar-refractivity contribution is 0.0935. The Hall–Kier alpha value is -3.81. The minimum absolute atomic E-state index is 0.110. The summed E-state index contributed by atoms with van der Waals surface area (Å²) in [6.45, 7) is 0. The zero-order valence-electron chi connectivity index (χ0n) is 15.8. The van der Waals surface area contributed by atoms with Gasteiger partial charge in [0.25, 0.3) is 11.5 Å². The van der Waals surface area contributed by atoms with Gasteiger partial charge in [-0.15, -0.1) is 0 Å². The summed E-state index contributed by atoms with van der Waals surface area (Å²) in [5.41, 5.74) is 0.364. The number of hydrogen-bond donors (Lipinski definition) is 1.